The lowest BCUT2D eigenvalue weighted by molar-refractivity contribution is -0.141. The third-order valence-corrected chi connectivity index (χ3v) is 4.32. The molecule has 2 heterocycles. The van der Waals surface area contributed by atoms with Crippen molar-refractivity contribution in [3.05, 3.63) is 69.5 Å². The maximum absolute atomic E-state index is 12.3. The number of rotatable bonds is 4. The van der Waals surface area contributed by atoms with Gasteiger partial charge in [0.25, 0.3) is 5.89 Å². The minimum atomic E-state index is -0.521. The summed E-state index contributed by atoms with van der Waals surface area (Å²) in [6, 6.07) is 12.2. The average molecular weight is 403 g/mol. The van der Waals surface area contributed by atoms with E-state index in [2.05, 4.69) is 10.2 Å². The van der Waals surface area contributed by atoms with E-state index < -0.39 is 5.97 Å². The highest BCUT2D eigenvalue weighted by Gasteiger charge is 2.20. The first kappa shape index (κ1) is 17.6. The van der Waals surface area contributed by atoms with Crippen LogP contribution in [0.1, 0.15) is 11.5 Å². The Morgan fingerprint density at radius 2 is 1.85 bits per heavy atom. The van der Waals surface area contributed by atoms with Gasteiger partial charge >= 0.3 is 5.97 Å². The summed E-state index contributed by atoms with van der Waals surface area (Å²) >= 11 is 11.8. The third-order valence-electron chi connectivity index (χ3n) is 3.83. The summed E-state index contributed by atoms with van der Waals surface area (Å²) in [6.07, 6.45) is 1.69. The van der Waals surface area contributed by atoms with Crippen LogP contribution >= 0.6 is 23.2 Å². The first-order valence-electron chi connectivity index (χ1n) is 7.97. The van der Waals surface area contributed by atoms with E-state index in [1.165, 1.54) is 0 Å². The number of hydrogen-bond acceptors (Lipinski definition) is 6. The zero-order valence-electron chi connectivity index (χ0n) is 13.8. The van der Waals surface area contributed by atoms with E-state index in [4.69, 9.17) is 37.1 Å². The second-order valence-corrected chi connectivity index (χ2v) is 6.60. The molecule has 1 aliphatic rings. The van der Waals surface area contributed by atoms with Gasteiger partial charge in [-0.2, -0.15) is 0 Å². The molecule has 0 aliphatic carbocycles. The number of hydrogen-bond donors (Lipinski definition) is 0. The maximum Gasteiger partial charge on any atom is 0.338 e. The summed E-state index contributed by atoms with van der Waals surface area (Å²) in [5, 5.41) is 8.99. The molecule has 0 fully saturated rings. The van der Waals surface area contributed by atoms with Gasteiger partial charge in [0.2, 0.25) is 5.89 Å². The van der Waals surface area contributed by atoms with Gasteiger partial charge in [0.15, 0.2) is 6.61 Å². The molecule has 4 rings (SSSR count). The Labute approximate surface area is 164 Å². The largest absolute Gasteiger partial charge is 0.488 e. The van der Waals surface area contributed by atoms with Gasteiger partial charge in [0, 0.05) is 21.2 Å². The lowest BCUT2D eigenvalue weighted by Crippen LogP contribution is -2.17. The van der Waals surface area contributed by atoms with Gasteiger partial charge in [0.1, 0.15) is 12.4 Å². The smallest absolute Gasteiger partial charge is 0.338 e. The number of carbonyl (C=O) groups excluding carboxylic acids is 1. The summed E-state index contributed by atoms with van der Waals surface area (Å²) in [6.45, 7) is -0.0213. The summed E-state index contributed by atoms with van der Waals surface area (Å²) in [4.78, 5) is 12.3. The zero-order chi connectivity index (χ0) is 18.8. The lowest BCUT2D eigenvalue weighted by Gasteiger charge is -2.17. The van der Waals surface area contributed by atoms with Crippen LogP contribution in [0.2, 0.25) is 10.0 Å². The van der Waals surface area contributed by atoms with Crippen LogP contribution in [0, 0.1) is 0 Å². The van der Waals surface area contributed by atoms with Crippen LogP contribution in [-0.2, 0) is 16.1 Å². The quantitative estimate of drug-likeness (QED) is 0.595. The number of esters is 1. The molecule has 0 saturated carbocycles. The summed E-state index contributed by atoms with van der Waals surface area (Å²) in [5.74, 6) is 0.655. The first-order chi connectivity index (χ1) is 13.1. The molecule has 0 spiro atoms. The highest BCUT2D eigenvalue weighted by Crippen LogP contribution is 2.29. The second-order valence-electron chi connectivity index (χ2n) is 5.72. The Hall–Kier alpha value is -2.83. The van der Waals surface area contributed by atoms with E-state index in [9.17, 15) is 4.79 Å². The molecule has 0 N–H and O–H groups in total. The Balaban J connectivity index is 1.42. The molecule has 27 heavy (non-hydrogen) atoms. The van der Waals surface area contributed by atoms with Crippen molar-refractivity contribution in [3.8, 4) is 17.2 Å². The van der Waals surface area contributed by atoms with Gasteiger partial charge in [-0.25, -0.2) is 4.79 Å². The molecule has 1 aliphatic heterocycles. The van der Waals surface area contributed by atoms with Crippen molar-refractivity contribution >= 4 is 35.2 Å². The van der Waals surface area contributed by atoms with Crippen LogP contribution in [0.15, 0.2) is 52.5 Å². The fraction of sp³-hybridized carbons (Fsp3) is 0.105. The molecular weight excluding hydrogens is 391 g/mol. The van der Waals surface area contributed by atoms with Crippen molar-refractivity contribution in [2.24, 2.45) is 0 Å². The molecule has 6 nitrogen and oxygen atoms in total. The molecule has 0 amide bonds. The Kier molecular flexibility index (Phi) is 4.83. The lowest BCUT2D eigenvalue weighted by atomic mass is 10.1. The minimum absolute atomic E-state index is 0.118. The molecule has 0 radical (unpaired) electrons. The Morgan fingerprint density at radius 1 is 1.07 bits per heavy atom. The van der Waals surface area contributed by atoms with E-state index in [1.54, 1.807) is 48.5 Å². The molecule has 0 unspecified atom stereocenters. The average Bonchev–Trinajstić information content (AvgIpc) is 3.15. The molecule has 0 atom stereocenters. The predicted octanol–water partition coefficient (Wildman–Crippen LogP) is 4.56. The monoisotopic (exact) mass is 402 g/mol. The van der Waals surface area contributed by atoms with E-state index in [-0.39, 0.29) is 19.1 Å². The summed E-state index contributed by atoms with van der Waals surface area (Å²) in [5.41, 5.74) is 1.83. The second kappa shape index (κ2) is 7.42. The van der Waals surface area contributed by atoms with E-state index in [1.807, 2.05) is 0 Å². The summed E-state index contributed by atoms with van der Waals surface area (Å²) < 4.78 is 16.3. The molecule has 1 aromatic heterocycles. The normalized spacial score (nSPS) is 12.7. The first-order valence-corrected chi connectivity index (χ1v) is 8.72. The molecule has 8 heteroatoms. The van der Waals surface area contributed by atoms with Crippen LogP contribution in [0.4, 0.5) is 0 Å². The molecule has 0 bridgehead atoms. The van der Waals surface area contributed by atoms with Gasteiger partial charge in [-0.1, -0.05) is 23.2 Å². The molecule has 3 aromatic rings. The molecule has 2 aromatic carbocycles. The number of aromatic nitrogens is 2. The minimum Gasteiger partial charge on any atom is -0.488 e. The van der Waals surface area contributed by atoms with E-state index in [0.29, 0.717) is 27.3 Å². The number of halogens is 2. The highest BCUT2D eigenvalue weighted by atomic mass is 35.5. The number of ether oxygens (including phenoxy) is 2. The van der Waals surface area contributed by atoms with Gasteiger partial charge in [-0.05, 0) is 48.5 Å². The number of benzene rings is 2. The Morgan fingerprint density at radius 3 is 2.67 bits per heavy atom. The maximum atomic E-state index is 12.3. The van der Waals surface area contributed by atoms with Crippen LogP contribution in [0.25, 0.3) is 17.5 Å². The van der Waals surface area contributed by atoms with Gasteiger partial charge in [0.05, 0.1) is 5.57 Å². The van der Waals surface area contributed by atoms with E-state index in [0.717, 1.165) is 11.1 Å². The third kappa shape index (κ3) is 3.97. The van der Waals surface area contributed by atoms with Crippen LogP contribution in [0.3, 0.4) is 0 Å². The SMILES string of the molecule is O=C(OCc1nnc(-c2ccc(Cl)cc2)o1)C1=Cc2cc(Cl)ccc2OC1. The van der Waals surface area contributed by atoms with Crippen molar-refractivity contribution in [1.29, 1.82) is 0 Å². The number of nitrogens with zero attached hydrogens (tertiary/aromatic N) is 2. The van der Waals surface area contributed by atoms with Crippen LogP contribution in [0.5, 0.6) is 5.75 Å². The number of carbonyl (C=O) groups is 1. The van der Waals surface area contributed by atoms with Crippen LogP contribution in [-0.4, -0.2) is 22.8 Å². The van der Waals surface area contributed by atoms with Gasteiger partial charge < -0.3 is 13.9 Å². The molecule has 136 valence electrons. The van der Waals surface area contributed by atoms with Crippen molar-refractivity contribution in [3.63, 3.8) is 0 Å². The zero-order valence-corrected chi connectivity index (χ0v) is 15.3. The van der Waals surface area contributed by atoms with Crippen molar-refractivity contribution in [2.75, 3.05) is 6.61 Å². The topological polar surface area (TPSA) is 74.5 Å². The Bertz CT molecular complexity index is 1030. The standard InChI is InChI=1S/C19H12Cl2N2O4/c20-14-3-1-11(2-4-14)18-23-22-17(27-18)10-26-19(24)13-7-12-8-15(21)5-6-16(12)25-9-13/h1-8H,9-10H2. The van der Waals surface area contributed by atoms with Crippen LogP contribution < -0.4 is 4.74 Å². The summed E-state index contributed by atoms with van der Waals surface area (Å²) in [7, 11) is 0. The molecular formula is C19H12Cl2N2O4. The van der Waals surface area contributed by atoms with Crippen molar-refractivity contribution < 1.29 is 18.7 Å². The van der Waals surface area contributed by atoms with Gasteiger partial charge in [-0.15, -0.1) is 10.2 Å². The van der Waals surface area contributed by atoms with Crippen molar-refractivity contribution in [2.45, 2.75) is 6.61 Å². The van der Waals surface area contributed by atoms with Gasteiger partial charge in [-0.3, -0.25) is 0 Å². The highest BCUT2D eigenvalue weighted by molar-refractivity contribution is 6.31. The molecule has 0 saturated heterocycles. The fourth-order valence-electron chi connectivity index (χ4n) is 2.51. The van der Waals surface area contributed by atoms with Crippen molar-refractivity contribution in [1.82, 2.24) is 10.2 Å². The number of fused-ring (bicyclic) bond motifs is 1. The fourth-order valence-corrected chi connectivity index (χ4v) is 2.81. The predicted molar refractivity (Wildman–Crippen MR) is 99.5 cm³/mol. The van der Waals surface area contributed by atoms with E-state index >= 15 is 0 Å².